The number of halogens is 1. The molecule has 2 aliphatic carbocycles. The van der Waals surface area contributed by atoms with Crippen LogP contribution in [0.25, 0.3) is 0 Å². The number of unbranched alkanes of at least 4 members (excludes halogenated alkanes) is 2. The van der Waals surface area contributed by atoms with Crippen LogP contribution in [0.5, 0.6) is 5.75 Å². The number of aryl methyl sites for hydroxylation is 1. The molecule has 0 radical (unpaired) electrons. The Morgan fingerprint density at radius 1 is 1.20 bits per heavy atom. The molecule has 5 rings (SSSR count). The third-order valence-corrected chi connectivity index (χ3v) is 13.3. The molecule has 2 aromatic rings. The molecule has 3 aliphatic rings. The van der Waals surface area contributed by atoms with Gasteiger partial charge in [-0.05, 0) is 118 Å². The van der Waals surface area contributed by atoms with E-state index in [0.717, 1.165) is 74.9 Å². The number of rotatable bonds is 15. The van der Waals surface area contributed by atoms with Crippen molar-refractivity contribution in [3.8, 4) is 5.75 Å². The minimum atomic E-state index is -3.94. The van der Waals surface area contributed by atoms with Crippen LogP contribution in [0.3, 0.4) is 0 Å². The van der Waals surface area contributed by atoms with Gasteiger partial charge < -0.3 is 14.7 Å². The van der Waals surface area contributed by atoms with E-state index in [2.05, 4.69) is 48.3 Å². The van der Waals surface area contributed by atoms with Crippen molar-refractivity contribution in [1.29, 1.82) is 0 Å². The molecule has 1 spiro atoms. The van der Waals surface area contributed by atoms with Gasteiger partial charge in [-0.3, -0.25) is 4.79 Å². The Bertz CT molecular complexity index is 1610. The number of hydrogen-bond donors (Lipinski definition) is 2. The van der Waals surface area contributed by atoms with Crippen LogP contribution in [0.1, 0.15) is 106 Å². The molecule has 1 fully saturated rings. The second kappa shape index (κ2) is 16.5. The van der Waals surface area contributed by atoms with Gasteiger partial charge in [0.05, 0.1) is 23.6 Å². The van der Waals surface area contributed by atoms with E-state index >= 15 is 0 Å². The molecular formula is C40H55ClN2O5S. The molecule has 7 nitrogen and oxygen atoms in total. The van der Waals surface area contributed by atoms with Crippen LogP contribution in [0, 0.1) is 17.8 Å². The van der Waals surface area contributed by atoms with Crippen LogP contribution < -0.4 is 14.4 Å². The van der Waals surface area contributed by atoms with Crippen LogP contribution in [0.4, 0.5) is 5.69 Å². The van der Waals surface area contributed by atoms with Gasteiger partial charge in [-0.2, -0.15) is 0 Å². The molecular weight excluding hydrogens is 656 g/mol. The highest BCUT2D eigenvalue weighted by Crippen LogP contribution is 2.46. The van der Waals surface area contributed by atoms with E-state index in [0.29, 0.717) is 31.9 Å². The summed E-state index contributed by atoms with van der Waals surface area (Å²) in [6, 6.07) is 11.4. The molecule has 2 aromatic carbocycles. The van der Waals surface area contributed by atoms with Gasteiger partial charge in [-0.15, -0.1) is 6.58 Å². The van der Waals surface area contributed by atoms with E-state index in [4.69, 9.17) is 16.3 Å². The maximum atomic E-state index is 13.7. The number of carbonyl (C=O) groups excluding carboxylic acids is 1. The van der Waals surface area contributed by atoms with Crippen molar-refractivity contribution in [2.45, 2.75) is 108 Å². The number of fused-ring (bicyclic) bond motifs is 3. The molecule has 0 bridgehead atoms. The zero-order valence-electron chi connectivity index (χ0n) is 29.5. The average Bonchev–Trinajstić information content (AvgIpc) is 3.21. The Kier molecular flexibility index (Phi) is 12.6. The van der Waals surface area contributed by atoms with Crippen LogP contribution in [0.2, 0.25) is 5.02 Å². The first-order chi connectivity index (χ1) is 23.5. The molecule has 0 aromatic heterocycles. The lowest BCUT2D eigenvalue weighted by Crippen LogP contribution is -2.49. The maximum absolute atomic E-state index is 13.7. The zero-order chi connectivity index (χ0) is 35.2. The van der Waals surface area contributed by atoms with E-state index in [9.17, 15) is 18.3 Å². The number of nitrogens with one attached hydrogen (secondary N) is 1. The number of anilines is 1. The second-order valence-corrected chi connectivity index (χ2v) is 17.1. The van der Waals surface area contributed by atoms with Crippen molar-refractivity contribution >= 4 is 33.2 Å². The van der Waals surface area contributed by atoms with Gasteiger partial charge in [0.25, 0.3) is 5.91 Å². The lowest BCUT2D eigenvalue weighted by atomic mass is 9.68. The van der Waals surface area contributed by atoms with Crippen molar-refractivity contribution in [1.82, 2.24) is 4.72 Å². The zero-order valence-corrected chi connectivity index (χ0v) is 31.1. The number of benzene rings is 2. The van der Waals surface area contributed by atoms with Crippen molar-refractivity contribution in [3.05, 3.63) is 82.9 Å². The van der Waals surface area contributed by atoms with Gasteiger partial charge >= 0.3 is 0 Å². The highest BCUT2D eigenvalue weighted by molar-refractivity contribution is 7.90. The summed E-state index contributed by atoms with van der Waals surface area (Å²) in [5.74, 6) is 0.336. The Labute approximate surface area is 299 Å². The molecule has 2 N–H and O–H groups in total. The first kappa shape index (κ1) is 37.4. The minimum absolute atomic E-state index is 0.120. The van der Waals surface area contributed by atoms with Crippen LogP contribution in [0.15, 0.2) is 61.2 Å². The van der Waals surface area contributed by atoms with Gasteiger partial charge in [0, 0.05) is 29.1 Å². The summed E-state index contributed by atoms with van der Waals surface area (Å²) >= 11 is 6.44. The number of amides is 1. The monoisotopic (exact) mass is 710 g/mol. The Hall–Kier alpha value is -2.81. The van der Waals surface area contributed by atoms with E-state index in [1.807, 2.05) is 12.1 Å². The molecule has 1 heterocycles. The van der Waals surface area contributed by atoms with Crippen molar-refractivity contribution < 1.29 is 23.1 Å². The van der Waals surface area contributed by atoms with E-state index in [1.165, 1.54) is 11.1 Å². The summed E-state index contributed by atoms with van der Waals surface area (Å²) < 4.78 is 36.0. The predicted molar refractivity (Wildman–Crippen MR) is 200 cm³/mol. The third-order valence-electron chi connectivity index (χ3n) is 11.2. The average molecular weight is 711 g/mol. The molecule has 49 heavy (non-hydrogen) atoms. The summed E-state index contributed by atoms with van der Waals surface area (Å²) in [5, 5.41) is 11.1. The molecule has 268 valence electrons. The maximum Gasteiger partial charge on any atom is 0.264 e. The molecule has 0 unspecified atom stereocenters. The molecule has 1 amide bonds. The number of sulfonamides is 1. The molecule has 9 heteroatoms. The molecule has 1 aliphatic heterocycles. The second-order valence-electron chi connectivity index (χ2n) is 14.6. The number of hydrogen-bond acceptors (Lipinski definition) is 6. The van der Waals surface area contributed by atoms with E-state index in [-0.39, 0.29) is 28.7 Å². The van der Waals surface area contributed by atoms with Crippen LogP contribution in [-0.2, 0) is 21.9 Å². The fraction of sp³-hybridized carbons (Fsp3) is 0.575. The third kappa shape index (κ3) is 8.57. The lowest BCUT2D eigenvalue weighted by molar-refractivity contribution is 0.0456. The number of carbonyl (C=O) groups is 1. The van der Waals surface area contributed by atoms with Gasteiger partial charge in [-0.1, -0.05) is 69.0 Å². The number of nitrogens with zero attached hydrogens (tertiary/aromatic N) is 1. The van der Waals surface area contributed by atoms with Crippen molar-refractivity contribution in [3.63, 3.8) is 0 Å². The fourth-order valence-electron chi connectivity index (χ4n) is 8.11. The highest BCUT2D eigenvalue weighted by Gasteiger charge is 2.44. The highest BCUT2D eigenvalue weighted by atomic mass is 35.5. The molecule has 1 saturated carbocycles. The number of aliphatic hydroxyl groups excluding tert-OH is 1. The number of ether oxygens (including phenoxy) is 1. The van der Waals surface area contributed by atoms with Crippen molar-refractivity contribution in [2.75, 3.05) is 24.6 Å². The van der Waals surface area contributed by atoms with Crippen molar-refractivity contribution in [2.24, 2.45) is 17.8 Å². The van der Waals surface area contributed by atoms with Gasteiger partial charge in [-0.25, -0.2) is 13.1 Å². The lowest BCUT2D eigenvalue weighted by Gasteiger charge is -2.45. The first-order valence-electron chi connectivity index (χ1n) is 18.3. The Morgan fingerprint density at radius 3 is 2.73 bits per heavy atom. The fourth-order valence-corrected chi connectivity index (χ4v) is 9.62. The first-order valence-corrected chi connectivity index (χ1v) is 20.3. The summed E-state index contributed by atoms with van der Waals surface area (Å²) in [6.07, 6.45) is 15.4. The Balaban J connectivity index is 1.45. The summed E-state index contributed by atoms with van der Waals surface area (Å²) in [4.78, 5) is 16.0. The summed E-state index contributed by atoms with van der Waals surface area (Å²) in [6.45, 7) is 11.6. The Morgan fingerprint density at radius 2 is 2.02 bits per heavy atom. The minimum Gasteiger partial charge on any atom is -0.490 e. The SMILES string of the molecule is C=CC[C@H](CCCC)[C@@H](C)S(=O)(=O)NC(=O)c1ccc2c(c1)N(C[C@@H]1CC[C@H]1[C@@H](O)C=CCCC)C[C@]1(CCCc3cc(Cl)ccc31)CO2. The normalized spacial score (nSPS) is 23.8. The topological polar surface area (TPSA) is 95.9 Å². The number of allylic oxidation sites excluding steroid dienone is 2. The summed E-state index contributed by atoms with van der Waals surface area (Å²) in [7, 11) is -3.94. The van der Waals surface area contributed by atoms with Gasteiger partial charge in [0.15, 0.2) is 0 Å². The van der Waals surface area contributed by atoms with E-state index in [1.54, 1.807) is 31.2 Å². The predicted octanol–water partition coefficient (Wildman–Crippen LogP) is 8.39. The smallest absolute Gasteiger partial charge is 0.264 e. The van der Waals surface area contributed by atoms with Crippen LogP contribution >= 0.6 is 11.6 Å². The van der Waals surface area contributed by atoms with Gasteiger partial charge in [0.1, 0.15) is 5.75 Å². The van der Waals surface area contributed by atoms with Crippen LogP contribution in [-0.4, -0.2) is 50.5 Å². The largest absolute Gasteiger partial charge is 0.490 e. The standard InChI is InChI=1S/C40H55ClN2O5S/c1-5-8-10-15-37(44)34-19-16-32(34)25-43-26-40(22-11-14-30-23-33(41)18-20-35(30)40)27-48-38-21-17-31(24-36(38)43)39(45)42-49(46,47)28(4)29(12-7-3)13-9-6-2/h7,10,15,17-18,20-21,23-24,28-29,32,34,37,44H,3,5-6,8-9,11-14,16,19,22,25-27H2,1-2,4H3,(H,42,45)/t28-,29-,32+,34-,37+,40-/m1/s1. The van der Waals surface area contributed by atoms with Gasteiger partial charge in [0.2, 0.25) is 10.0 Å². The molecule has 0 saturated heterocycles. The van der Waals surface area contributed by atoms with E-state index < -0.39 is 27.3 Å². The molecule has 6 atom stereocenters. The quantitative estimate of drug-likeness (QED) is 0.180. The number of aliphatic hydroxyl groups is 1. The summed E-state index contributed by atoms with van der Waals surface area (Å²) in [5.41, 5.74) is 3.28.